The molecule has 1 saturated carbocycles. The van der Waals surface area contributed by atoms with Crippen molar-refractivity contribution in [2.75, 3.05) is 13.6 Å². The zero-order valence-electron chi connectivity index (χ0n) is 15.5. The van der Waals surface area contributed by atoms with Gasteiger partial charge in [-0.3, -0.25) is 9.59 Å². The van der Waals surface area contributed by atoms with Crippen molar-refractivity contribution >= 4 is 11.8 Å². The lowest BCUT2D eigenvalue weighted by Crippen LogP contribution is -2.33. The number of aromatic nitrogens is 2. The van der Waals surface area contributed by atoms with Crippen LogP contribution in [0, 0.1) is 0 Å². The minimum atomic E-state index is -0.104. The van der Waals surface area contributed by atoms with Crippen molar-refractivity contribution in [2.24, 2.45) is 0 Å². The third-order valence-electron chi connectivity index (χ3n) is 5.41. The van der Waals surface area contributed by atoms with Gasteiger partial charge in [-0.2, -0.15) is 0 Å². The van der Waals surface area contributed by atoms with Crippen molar-refractivity contribution in [2.45, 2.75) is 77.3 Å². The van der Waals surface area contributed by atoms with Crippen LogP contribution in [0.2, 0.25) is 0 Å². The van der Waals surface area contributed by atoms with E-state index in [9.17, 15) is 9.59 Å². The quantitative estimate of drug-likeness (QED) is 0.861. The van der Waals surface area contributed by atoms with Gasteiger partial charge in [0.2, 0.25) is 0 Å². The van der Waals surface area contributed by atoms with Crippen LogP contribution in [-0.2, 0) is 13.0 Å². The van der Waals surface area contributed by atoms with Gasteiger partial charge in [-0.05, 0) is 38.5 Å². The summed E-state index contributed by atoms with van der Waals surface area (Å²) >= 11 is 0. The molecule has 0 aromatic carbocycles. The first-order valence-corrected chi connectivity index (χ1v) is 9.77. The fraction of sp³-hybridized carbons (Fsp3) is 0.737. The Balaban J connectivity index is 1.83. The summed E-state index contributed by atoms with van der Waals surface area (Å²) < 4.78 is 1.98. The lowest BCUT2D eigenvalue weighted by Gasteiger charge is -2.20. The Morgan fingerprint density at radius 3 is 2.72 bits per heavy atom. The SMILES string of the molecule is CCCCN(C)C(=O)c1nc(C(=O)NC2CCCC2)c2n1CCCC2. The van der Waals surface area contributed by atoms with E-state index in [2.05, 4.69) is 17.2 Å². The predicted molar refractivity (Wildman–Crippen MR) is 96.8 cm³/mol. The molecule has 0 radical (unpaired) electrons. The van der Waals surface area contributed by atoms with Crippen LogP contribution in [0.4, 0.5) is 0 Å². The summed E-state index contributed by atoms with van der Waals surface area (Å²) in [7, 11) is 1.82. The van der Waals surface area contributed by atoms with Gasteiger partial charge >= 0.3 is 0 Å². The molecule has 0 saturated heterocycles. The predicted octanol–water partition coefficient (Wildman–Crippen LogP) is 2.76. The number of hydrogen-bond acceptors (Lipinski definition) is 3. The second kappa shape index (κ2) is 8.02. The smallest absolute Gasteiger partial charge is 0.289 e. The van der Waals surface area contributed by atoms with Gasteiger partial charge in [-0.25, -0.2) is 4.98 Å². The van der Waals surface area contributed by atoms with Crippen LogP contribution in [0.3, 0.4) is 0 Å². The molecule has 1 aromatic heterocycles. The molecule has 3 rings (SSSR count). The highest BCUT2D eigenvalue weighted by molar-refractivity contribution is 5.97. The summed E-state index contributed by atoms with van der Waals surface area (Å²) in [6, 6.07) is 0.264. The highest BCUT2D eigenvalue weighted by atomic mass is 16.2. The van der Waals surface area contributed by atoms with Crippen LogP contribution in [-0.4, -0.2) is 45.9 Å². The summed E-state index contributed by atoms with van der Waals surface area (Å²) in [5, 5.41) is 3.12. The van der Waals surface area contributed by atoms with E-state index in [0.29, 0.717) is 11.5 Å². The lowest BCUT2D eigenvalue weighted by atomic mass is 10.1. The molecule has 0 atom stereocenters. The summed E-state index contributed by atoms with van der Waals surface area (Å²) in [4.78, 5) is 31.8. The topological polar surface area (TPSA) is 67.2 Å². The monoisotopic (exact) mass is 346 g/mol. The normalized spacial score (nSPS) is 17.4. The number of carbonyl (C=O) groups excluding carboxylic acids is 2. The number of hydrogen-bond donors (Lipinski definition) is 1. The molecule has 0 bridgehead atoms. The van der Waals surface area contributed by atoms with Gasteiger partial charge in [0.05, 0.1) is 5.69 Å². The second-order valence-corrected chi connectivity index (χ2v) is 7.37. The maximum absolute atomic E-state index is 12.8. The van der Waals surface area contributed by atoms with Crippen LogP contribution in [0.5, 0.6) is 0 Å². The fourth-order valence-corrected chi connectivity index (χ4v) is 3.88. The minimum absolute atomic E-state index is 0.0727. The first-order chi connectivity index (χ1) is 12.1. The Bertz CT molecular complexity index is 632. The van der Waals surface area contributed by atoms with Gasteiger partial charge in [-0.15, -0.1) is 0 Å². The zero-order valence-corrected chi connectivity index (χ0v) is 15.5. The third kappa shape index (κ3) is 3.88. The zero-order chi connectivity index (χ0) is 17.8. The summed E-state index contributed by atoms with van der Waals surface area (Å²) in [6.45, 7) is 3.62. The number of unbranched alkanes of at least 4 members (excludes halogenated alkanes) is 1. The van der Waals surface area contributed by atoms with Crippen LogP contribution in [0.15, 0.2) is 0 Å². The van der Waals surface area contributed by atoms with Crippen molar-refractivity contribution in [3.63, 3.8) is 0 Å². The molecular weight excluding hydrogens is 316 g/mol. The molecule has 1 aliphatic heterocycles. The molecule has 138 valence electrons. The van der Waals surface area contributed by atoms with E-state index in [-0.39, 0.29) is 17.9 Å². The van der Waals surface area contributed by atoms with Crippen LogP contribution in [0.25, 0.3) is 0 Å². The summed E-state index contributed by atoms with van der Waals surface area (Å²) in [6.07, 6.45) is 9.39. The molecule has 1 fully saturated rings. The molecule has 6 nitrogen and oxygen atoms in total. The van der Waals surface area contributed by atoms with E-state index in [1.54, 1.807) is 4.90 Å². The maximum atomic E-state index is 12.8. The number of imidazole rings is 1. The van der Waals surface area contributed by atoms with E-state index < -0.39 is 0 Å². The van der Waals surface area contributed by atoms with E-state index in [4.69, 9.17) is 0 Å². The van der Waals surface area contributed by atoms with E-state index in [1.807, 2.05) is 11.6 Å². The van der Waals surface area contributed by atoms with Gasteiger partial charge in [0.25, 0.3) is 11.8 Å². The van der Waals surface area contributed by atoms with Gasteiger partial charge in [-0.1, -0.05) is 26.2 Å². The van der Waals surface area contributed by atoms with Crippen LogP contribution in [0.1, 0.15) is 85.1 Å². The van der Waals surface area contributed by atoms with E-state index in [0.717, 1.165) is 63.7 Å². The minimum Gasteiger partial charge on any atom is -0.348 e. The average molecular weight is 346 g/mol. The number of amides is 2. The standard InChI is InChI=1S/C19H30N4O2/c1-3-4-12-22(2)19(25)17-21-16(15-11-7-8-13-23(15)17)18(24)20-14-9-5-6-10-14/h14H,3-13H2,1-2H3,(H,20,24). The first-order valence-electron chi connectivity index (χ1n) is 9.77. The Kier molecular flexibility index (Phi) is 5.76. The Labute approximate surface area is 150 Å². The molecule has 2 heterocycles. The summed E-state index contributed by atoms with van der Waals surface area (Å²) in [5.74, 6) is 0.259. The molecule has 1 aromatic rings. The number of nitrogens with one attached hydrogen (secondary N) is 1. The molecular formula is C19H30N4O2. The Morgan fingerprint density at radius 1 is 1.24 bits per heavy atom. The first kappa shape index (κ1) is 18.0. The van der Waals surface area contributed by atoms with Gasteiger partial charge in [0.1, 0.15) is 5.69 Å². The molecule has 2 aliphatic rings. The molecule has 2 amide bonds. The van der Waals surface area contributed by atoms with E-state index >= 15 is 0 Å². The maximum Gasteiger partial charge on any atom is 0.289 e. The number of nitrogens with zero attached hydrogens (tertiary/aromatic N) is 3. The van der Waals surface area contributed by atoms with Crippen molar-refractivity contribution in [1.82, 2.24) is 19.8 Å². The highest BCUT2D eigenvalue weighted by Gasteiger charge is 2.30. The van der Waals surface area contributed by atoms with E-state index in [1.165, 1.54) is 12.8 Å². The van der Waals surface area contributed by atoms with Crippen molar-refractivity contribution in [3.05, 3.63) is 17.2 Å². The average Bonchev–Trinajstić information content (AvgIpc) is 3.26. The molecule has 6 heteroatoms. The molecule has 25 heavy (non-hydrogen) atoms. The molecule has 0 unspecified atom stereocenters. The van der Waals surface area contributed by atoms with Crippen molar-refractivity contribution in [3.8, 4) is 0 Å². The Hall–Kier alpha value is -1.85. The number of fused-ring (bicyclic) bond motifs is 1. The fourth-order valence-electron chi connectivity index (χ4n) is 3.88. The van der Waals surface area contributed by atoms with Crippen LogP contribution >= 0.6 is 0 Å². The second-order valence-electron chi connectivity index (χ2n) is 7.37. The largest absolute Gasteiger partial charge is 0.348 e. The van der Waals surface area contributed by atoms with Crippen LogP contribution < -0.4 is 5.32 Å². The van der Waals surface area contributed by atoms with Gasteiger partial charge in [0.15, 0.2) is 5.82 Å². The van der Waals surface area contributed by atoms with Gasteiger partial charge in [0, 0.05) is 26.2 Å². The highest BCUT2D eigenvalue weighted by Crippen LogP contribution is 2.23. The van der Waals surface area contributed by atoms with Crippen molar-refractivity contribution < 1.29 is 9.59 Å². The third-order valence-corrected chi connectivity index (χ3v) is 5.41. The lowest BCUT2D eigenvalue weighted by molar-refractivity contribution is 0.0775. The Morgan fingerprint density at radius 2 is 2.00 bits per heavy atom. The molecule has 0 spiro atoms. The number of rotatable bonds is 6. The number of carbonyl (C=O) groups is 2. The van der Waals surface area contributed by atoms with Crippen molar-refractivity contribution in [1.29, 1.82) is 0 Å². The van der Waals surface area contributed by atoms with Gasteiger partial charge < -0.3 is 14.8 Å². The molecule has 1 N–H and O–H groups in total. The summed E-state index contributed by atoms with van der Waals surface area (Å²) in [5.41, 5.74) is 1.41. The molecule has 1 aliphatic carbocycles.